The SMILES string of the molecule is Cc1c(F)cc(Br)c(NN=C(C#N)C#N)c1Br. The maximum absolute atomic E-state index is 13.3. The molecule has 4 nitrogen and oxygen atoms in total. The van der Waals surface area contributed by atoms with E-state index in [-0.39, 0.29) is 11.5 Å². The zero-order valence-electron chi connectivity index (χ0n) is 8.55. The molecule has 0 atom stereocenters. The van der Waals surface area contributed by atoms with E-state index in [9.17, 15) is 4.39 Å². The Labute approximate surface area is 114 Å². The van der Waals surface area contributed by atoms with Crippen molar-refractivity contribution in [3.63, 3.8) is 0 Å². The molecule has 0 aromatic heterocycles. The first-order chi connectivity index (χ1) is 8.01. The van der Waals surface area contributed by atoms with E-state index in [0.29, 0.717) is 20.2 Å². The van der Waals surface area contributed by atoms with Gasteiger partial charge in [0.1, 0.15) is 18.0 Å². The Balaban J connectivity index is 3.18. The van der Waals surface area contributed by atoms with Crippen LogP contribution in [0.2, 0.25) is 0 Å². The first-order valence-electron chi connectivity index (χ1n) is 4.29. The highest BCUT2D eigenvalue weighted by atomic mass is 79.9. The van der Waals surface area contributed by atoms with Crippen LogP contribution in [0.4, 0.5) is 10.1 Å². The molecule has 0 saturated heterocycles. The zero-order valence-corrected chi connectivity index (χ0v) is 11.7. The predicted molar refractivity (Wildman–Crippen MR) is 68.8 cm³/mol. The molecule has 0 fully saturated rings. The van der Waals surface area contributed by atoms with Crippen LogP contribution in [0.25, 0.3) is 0 Å². The van der Waals surface area contributed by atoms with Crippen molar-refractivity contribution in [1.29, 1.82) is 10.5 Å². The molecule has 0 spiro atoms. The third-order valence-corrected chi connectivity index (χ3v) is 3.51. The Hall–Kier alpha value is -1.44. The number of anilines is 1. The average Bonchev–Trinajstić information content (AvgIpc) is 2.31. The van der Waals surface area contributed by atoms with Gasteiger partial charge in [-0.05, 0) is 44.8 Å². The van der Waals surface area contributed by atoms with Crippen molar-refractivity contribution in [2.75, 3.05) is 5.43 Å². The minimum absolute atomic E-state index is 0.314. The summed E-state index contributed by atoms with van der Waals surface area (Å²) in [5.74, 6) is -0.376. The smallest absolute Gasteiger partial charge is 0.237 e. The molecule has 1 N–H and O–H groups in total. The monoisotopic (exact) mass is 358 g/mol. The maximum atomic E-state index is 13.3. The summed E-state index contributed by atoms with van der Waals surface area (Å²) in [6.07, 6.45) is 0. The van der Waals surface area contributed by atoms with Gasteiger partial charge < -0.3 is 0 Å². The maximum Gasteiger partial charge on any atom is 0.237 e. The molecule has 0 heterocycles. The van der Waals surface area contributed by atoms with E-state index in [1.807, 2.05) is 0 Å². The van der Waals surface area contributed by atoms with Gasteiger partial charge in [0.25, 0.3) is 0 Å². The molecule has 0 aliphatic rings. The Bertz CT molecular complexity index is 553. The number of benzene rings is 1. The molecule has 0 unspecified atom stereocenters. The fourth-order valence-electron chi connectivity index (χ4n) is 0.978. The lowest BCUT2D eigenvalue weighted by molar-refractivity contribution is 0.616. The summed E-state index contributed by atoms with van der Waals surface area (Å²) in [5.41, 5.74) is 3.07. The number of hydrogen-bond donors (Lipinski definition) is 1. The van der Waals surface area contributed by atoms with Gasteiger partial charge in [-0.3, -0.25) is 5.43 Å². The Morgan fingerprint density at radius 3 is 2.53 bits per heavy atom. The predicted octanol–water partition coefficient (Wildman–Crippen LogP) is 3.47. The molecule has 0 saturated carbocycles. The highest BCUT2D eigenvalue weighted by Crippen LogP contribution is 2.35. The number of hydrazone groups is 1. The van der Waals surface area contributed by atoms with Crippen molar-refractivity contribution in [1.82, 2.24) is 0 Å². The number of rotatable bonds is 2. The molecule has 17 heavy (non-hydrogen) atoms. The van der Waals surface area contributed by atoms with Crippen molar-refractivity contribution in [2.24, 2.45) is 5.10 Å². The average molecular weight is 360 g/mol. The van der Waals surface area contributed by atoms with Crippen LogP contribution in [-0.4, -0.2) is 5.71 Å². The van der Waals surface area contributed by atoms with Crippen LogP contribution in [-0.2, 0) is 0 Å². The lowest BCUT2D eigenvalue weighted by Crippen LogP contribution is -1.99. The summed E-state index contributed by atoms with van der Waals surface area (Å²) in [6, 6.07) is 4.49. The van der Waals surface area contributed by atoms with Crippen LogP contribution in [0.1, 0.15) is 5.56 Å². The summed E-state index contributed by atoms with van der Waals surface area (Å²) in [4.78, 5) is 0. The van der Waals surface area contributed by atoms with Crippen molar-refractivity contribution in [2.45, 2.75) is 6.92 Å². The molecule has 0 amide bonds. The van der Waals surface area contributed by atoms with E-state index >= 15 is 0 Å². The molecule has 86 valence electrons. The van der Waals surface area contributed by atoms with Crippen LogP contribution < -0.4 is 5.43 Å². The largest absolute Gasteiger partial charge is 0.274 e. The molecule has 7 heteroatoms. The van der Waals surface area contributed by atoms with E-state index in [0.717, 1.165) is 0 Å². The first-order valence-corrected chi connectivity index (χ1v) is 5.87. The van der Waals surface area contributed by atoms with Crippen molar-refractivity contribution < 1.29 is 4.39 Å². The van der Waals surface area contributed by atoms with E-state index < -0.39 is 0 Å². The lowest BCUT2D eigenvalue weighted by atomic mass is 10.2. The van der Waals surface area contributed by atoms with Crippen LogP contribution in [0.3, 0.4) is 0 Å². The summed E-state index contributed by atoms with van der Waals surface area (Å²) in [5, 5.41) is 20.6. The van der Waals surface area contributed by atoms with Crippen LogP contribution in [0.5, 0.6) is 0 Å². The van der Waals surface area contributed by atoms with Gasteiger partial charge in [-0.1, -0.05) is 0 Å². The molecule has 1 aromatic carbocycles. The molecule has 0 aliphatic heterocycles. The first kappa shape index (κ1) is 13.6. The summed E-state index contributed by atoms with van der Waals surface area (Å²) in [7, 11) is 0. The van der Waals surface area contributed by atoms with Gasteiger partial charge in [0.2, 0.25) is 5.71 Å². The number of nitriles is 2. The van der Waals surface area contributed by atoms with Gasteiger partial charge >= 0.3 is 0 Å². The summed E-state index contributed by atoms with van der Waals surface area (Å²) in [6.45, 7) is 1.59. The Morgan fingerprint density at radius 2 is 2.00 bits per heavy atom. The van der Waals surface area contributed by atoms with E-state index in [4.69, 9.17) is 10.5 Å². The van der Waals surface area contributed by atoms with Gasteiger partial charge in [0.05, 0.1) is 5.69 Å². The van der Waals surface area contributed by atoms with Gasteiger partial charge in [-0.25, -0.2) is 4.39 Å². The van der Waals surface area contributed by atoms with Crippen molar-refractivity contribution in [3.05, 3.63) is 26.4 Å². The molecule has 0 aliphatic carbocycles. The normalized spacial score (nSPS) is 9.06. The number of hydrogen-bond acceptors (Lipinski definition) is 4. The molecule has 1 aromatic rings. The molecule has 0 radical (unpaired) electrons. The summed E-state index contributed by atoms with van der Waals surface area (Å²) >= 11 is 6.37. The van der Waals surface area contributed by atoms with Crippen molar-refractivity contribution in [3.8, 4) is 12.1 Å². The second kappa shape index (κ2) is 5.76. The van der Waals surface area contributed by atoms with Gasteiger partial charge in [0.15, 0.2) is 0 Å². The summed E-state index contributed by atoms with van der Waals surface area (Å²) < 4.78 is 14.2. The second-order valence-corrected chi connectivity index (χ2v) is 4.60. The van der Waals surface area contributed by atoms with Crippen LogP contribution in [0.15, 0.2) is 20.1 Å². The Morgan fingerprint density at radius 1 is 1.41 bits per heavy atom. The van der Waals surface area contributed by atoms with Crippen LogP contribution >= 0.6 is 31.9 Å². The standard InChI is InChI=1S/C10H5Br2FN4/c1-5-8(13)2-7(11)10(9(5)12)17-16-6(3-14)4-15/h2,17H,1H3. The van der Waals surface area contributed by atoms with E-state index in [1.54, 1.807) is 19.1 Å². The number of halogens is 3. The van der Waals surface area contributed by atoms with Gasteiger partial charge in [-0.15, -0.1) is 0 Å². The van der Waals surface area contributed by atoms with Gasteiger partial charge in [-0.2, -0.15) is 15.6 Å². The lowest BCUT2D eigenvalue weighted by Gasteiger charge is -2.09. The molecular formula is C10H5Br2FN4. The van der Waals surface area contributed by atoms with E-state index in [2.05, 4.69) is 42.4 Å². The van der Waals surface area contributed by atoms with Crippen LogP contribution in [0, 0.1) is 35.4 Å². The fourth-order valence-corrected chi connectivity index (χ4v) is 2.22. The third-order valence-electron chi connectivity index (χ3n) is 1.89. The molecular weight excluding hydrogens is 355 g/mol. The molecule has 1 rings (SSSR count). The van der Waals surface area contributed by atoms with E-state index in [1.165, 1.54) is 6.07 Å². The van der Waals surface area contributed by atoms with Gasteiger partial charge in [0, 0.05) is 14.5 Å². The van der Waals surface area contributed by atoms with Crippen molar-refractivity contribution >= 4 is 43.3 Å². The Kier molecular flexibility index (Phi) is 4.62. The minimum Gasteiger partial charge on any atom is -0.274 e. The zero-order chi connectivity index (χ0) is 13.0. The third kappa shape index (κ3) is 3.02. The molecule has 0 bridgehead atoms. The topological polar surface area (TPSA) is 72.0 Å². The minimum atomic E-state index is -0.376. The fraction of sp³-hybridized carbons (Fsp3) is 0.100. The number of nitrogens with one attached hydrogen (secondary N) is 1. The highest BCUT2D eigenvalue weighted by molar-refractivity contribution is 9.11. The quantitative estimate of drug-likeness (QED) is 0.649. The second-order valence-electron chi connectivity index (χ2n) is 2.95. The highest BCUT2D eigenvalue weighted by Gasteiger charge is 2.12. The number of nitrogens with zero attached hydrogens (tertiary/aromatic N) is 3.